The summed E-state index contributed by atoms with van der Waals surface area (Å²) in [6.45, 7) is 3.00. The second-order valence-electron chi connectivity index (χ2n) is 5.54. The van der Waals surface area contributed by atoms with Gasteiger partial charge in [-0.15, -0.1) is 0 Å². The number of nitrogens with one attached hydrogen (secondary N) is 3. The van der Waals surface area contributed by atoms with Gasteiger partial charge in [-0.2, -0.15) is 0 Å². The van der Waals surface area contributed by atoms with E-state index in [2.05, 4.69) is 20.9 Å². The number of hydrogen-bond donors (Lipinski definition) is 3. The van der Waals surface area contributed by atoms with Gasteiger partial charge in [0.1, 0.15) is 6.04 Å². The summed E-state index contributed by atoms with van der Waals surface area (Å²) in [5, 5.41) is 8.33. The minimum atomic E-state index is -0.769. The maximum Gasteiger partial charge on any atom is 0.287 e. The SMILES string of the molecule is CC(=O)Nc1ccc2nc(NC(=O)C(C)NC(=O)c3ccco3)sc2c1. The van der Waals surface area contributed by atoms with E-state index in [-0.39, 0.29) is 11.7 Å². The van der Waals surface area contributed by atoms with Gasteiger partial charge in [0, 0.05) is 12.6 Å². The van der Waals surface area contributed by atoms with E-state index in [1.54, 1.807) is 31.2 Å². The topological polar surface area (TPSA) is 113 Å². The van der Waals surface area contributed by atoms with Gasteiger partial charge in [0.15, 0.2) is 10.9 Å². The molecule has 0 aliphatic heterocycles. The molecule has 1 unspecified atom stereocenters. The number of carbonyl (C=O) groups is 3. The Morgan fingerprint density at radius 2 is 2.00 bits per heavy atom. The first-order valence-corrected chi connectivity index (χ1v) is 8.57. The molecule has 0 fully saturated rings. The lowest BCUT2D eigenvalue weighted by atomic mass is 10.3. The molecule has 2 aromatic heterocycles. The van der Waals surface area contributed by atoms with E-state index in [0.29, 0.717) is 16.3 Å². The highest BCUT2D eigenvalue weighted by Gasteiger charge is 2.19. The molecule has 1 aromatic carbocycles. The average molecular weight is 372 g/mol. The zero-order valence-electron chi connectivity index (χ0n) is 14.0. The van der Waals surface area contributed by atoms with Crippen molar-refractivity contribution in [1.82, 2.24) is 10.3 Å². The van der Waals surface area contributed by atoms with Crippen molar-refractivity contribution in [3.05, 3.63) is 42.4 Å². The third-order valence-corrected chi connectivity index (χ3v) is 4.36. The third-order valence-electron chi connectivity index (χ3n) is 3.42. The molecule has 26 heavy (non-hydrogen) atoms. The summed E-state index contributed by atoms with van der Waals surface area (Å²) in [7, 11) is 0. The molecule has 0 aliphatic rings. The molecular formula is C17H16N4O4S. The van der Waals surface area contributed by atoms with E-state index in [1.165, 1.54) is 30.6 Å². The van der Waals surface area contributed by atoms with Crippen molar-refractivity contribution < 1.29 is 18.8 Å². The van der Waals surface area contributed by atoms with E-state index in [9.17, 15) is 14.4 Å². The van der Waals surface area contributed by atoms with Crippen molar-refractivity contribution in [1.29, 1.82) is 0 Å². The fourth-order valence-corrected chi connectivity index (χ4v) is 3.12. The molecule has 0 aliphatic carbocycles. The van der Waals surface area contributed by atoms with Crippen molar-refractivity contribution in [2.45, 2.75) is 19.9 Å². The van der Waals surface area contributed by atoms with Crippen LogP contribution in [0.25, 0.3) is 10.2 Å². The molecule has 0 spiro atoms. The maximum absolute atomic E-state index is 12.3. The number of furan rings is 1. The zero-order valence-corrected chi connectivity index (χ0v) is 14.8. The van der Waals surface area contributed by atoms with Crippen LogP contribution in [0, 0.1) is 0 Å². The van der Waals surface area contributed by atoms with Crippen LogP contribution >= 0.6 is 11.3 Å². The number of nitrogens with zero attached hydrogens (tertiary/aromatic N) is 1. The van der Waals surface area contributed by atoms with Crippen molar-refractivity contribution in [2.24, 2.45) is 0 Å². The van der Waals surface area contributed by atoms with Gasteiger partial charge in [0.25, 0.3) is 5.91 Å². The highest BCUT2D eigenvalue weighted by atomic mass is 32.1. The van der Waals surface area contributed by atoms with Gasteiger partial charge < -0.3 is 20.4 Å². The van der Waals surface area contributed by atoms with Gasteiger partial charge in [-0.25, -0.2) is 4.98 Å². The summed E-state index contributed by atoms with van der Waals surface area (Å²) >= 11 is 1.28. The zero-order chi connectivity index (χ0) is 18.7. The molecule has 8 nitrogen and oxygen atoms in total. The van der Waals surface area contributed by atoms with Gasteiger partial charge >= 0.3 is 0 Å². The number of anilines is 2. The van der Waals surface area contributed by atoms with E-state index in [4.69, 9.17) is 4.42 Å². The molecule has 2 heterocycles. The number of fused-ring (bicyclic) bond motifs is 1. The van der Waals surface area contributed by atoms with Gasteiger partial charge in [0.05, 0.1) is 16.5 Å². The number of thiazole rings is 1. The Morgan fingerprint density at radius 3 is 2.69 bits per heavy atom. The molecule has 0 saturated carbocycles. The van der Waals surface area contributed by atoms with Gasteiger partial charge in [-0.3, -0.25) is 14.4 Å². The van der Waals surface area contributed by atoms with Crippen LogP contribution < -0.4 is 16.0 Å². The second kappa shape index (κ2) is 7.36. The van der Waals surface area contributed by atoms with Gasteiger partial charge in [-0.1, -0.05) is 11.3 Å². The highest BCUT2D eigenvalue weighted by Crippen LogP contribution is 2.28. The lowest BCUT2D eigenvalue weighted by Crippen LogP contribution is -2.41. The van der Waals surface area contributed by atoms with Crippen LogP contribution in [0.5, 0.6) is 0 Å². The monoisotopic (exact) mass is 372 g/mol. The van der Waals surface area contributed by atoms with Crippen molar-refractivity contribution >= 4 is 50.1 Å². The predicted octanol–water partition coefficient (Wildman–Crippen LogP) is 2.60. The van der Waals surface area contributed by atoms with Crippen LogP contribution in [0.4, 0.5) is 10.8 Å². The van der Waals surface area contributed by atoms with Crippen LogP contribution in [0.3, 0.4) is 0 Å². The lowest BCUT2D eigenvalue weighted by molar-refractivity contribution is -0.117. The van der Waals surface area contributed by atoms with Crippen LogP contribution in [-0.2, 0) is 9.59 Å². The van der Waals surface area contributed by atoms with Gasteiger partial charge in [0.2, 0.25) is 11.8 Å². The molecule has 3 amide bonds. The summed E-state index contributed by atoms with van der Waals surface area (Å²) in [4.78, 5) is 39.6. The molecule has 9 heteroatoms. The Kier molecular flexibility index (Phi) is 4.99. The Balaban J connectivity index is 1.66. The number of aromatic nitrogens is 1. The second-order valence-corrected chi connectivity index (χ2v) is 6.58. The summed E-state index contributed by atoms with van der Waals surface area (Å²) in [5.41, 5.74) is 1.36. The quantitative estimate of drug-likeness (QED) is 0.637. The van der Waals surface area contributed by atoms with Crippen molar-refractivity contribution in [2.75, 3.05) is 10.6 Å². The van der Waals surface area contributed by atoms with E-state index in [1.807, 2.05) is 0 Å². The van der Waals surface area contributed by atoms with Crippen molar-refractivity contribution in [3.8, 4) is 0 Å². The first-order valence-electron chi connectivity index (χ1n) is 7.76. The number of benzene rings is 1. The van der Waals surface area contributed by atoms with Crippen LogP contribution in [0.15, 0.2) is 41.0 Å². The summed E-state index contributed by atoms with van der Waals surface area (Å²) in [6, 6.07) is 7.62. The fraction of sp³-hybridized carbons (Fsp3) is 0.176. The van der Waals surface area contributed by atoms with Crippen LogP contribution in [-0.4, -0.2) is 28.7 Å². The summed E-state index contributed by atoms with van der Waals surface area (Å²) < 4.78 is 5.81. The number of amides is 3. The molecule has 3 N–H and O–H groups in total. The predicted molar refractivity (Wildman–Crippen MR) is 98.2 cm³/mol. The van der Waals surface area contributed by atoms with E-state index < -0.39 is 17.9 Å². The first-order chi connectivity index (χ1) is 12.4. The molecule has 134 valence electrons. The summed E-state index contributed by atoms with van der Waals surface area (Å²) in [6.07, 6.45) is 1.38. The van der Waals surface area contributed by atoms with Gasteiger partial charge in [-0.05, 0) is 37.3 Å². The highest BCUT2D eigenvalue weighted by molar-refractivity contribution is 7.22. The Morgan fingerprint density at radius 1 is 1.19 bits per heavy atom. The molecule has 0 bridgehead atoms. The smallest absolute Gasteiger partial charge is 0.287 e. The molecule has 1 atom stereocenters. The number of rotatable bonds is 5. The molecule has 0 saturated heterocycles. The lowest BCUT2D eigenvalue weighted by Gasteiger charge is -2.11. The third kappa shape index (κ3) is 4.06. The molecule has 3 rings (SSSR count). The normalized spacial score (nSPS) is 11.8. The molecular weight excluding hydrogens is 356 g/mol. The first kappa shape index (κ1) is 17.6. The Bertz CT molecular complexity index is 964. The standard InChI is InChI=1S/C17H16N4O4S/c1-9(18-16(24)13-4-3-7-25-13)15(23)21-17-20-12-6-5-11(19-10(2)22)8-14(12)26-17/h3-9H,1-2H3,(H,18,24)(H,19,22)(H,20,21,23). The number of hydrogen-bond acceptors (Lipinski definition) is 6. The van der Waals surface area contributed by atoms with E-state index in [0.717, 1.165) is 4.70 Å². The molecule has 0 radical (unpaired) electrons. The van der Waals surface area contributed by atoms with Crippen molar-refractivity contribution in [3.63, 3.8) is 0 Å². The molecule has 3 aromatic rings. The maximum atomic E-state index is 12.3. The van der Waals surface area contributed by atoms with E-state index >= 15 is 0 Å². The minimum absolute atomic E-state index is 0.134. The van der Waals surface area contributed by atoms with Crippen LogP contribution in [0.1, 0.15) is 24.4 Å². The summed E-state index contributed by atoms with van der Waals surface area (Å²) in [5.74, 6) is -0.897. The Labute approximate surface area is 152 Å². The van der Waals surface area contributed by atoms with Crippen LogP contribution in [0.2, 0.25) is 0 Å². The minimum Gasteiger partial charge on any atom is -0.459 e. The fourth-order valence-electron chi connectivity index (χ4n) is 2.21. The average Bonchev–Trinajstić information content (AvgIpc) is 3.22. The number of carbonyl (C=O) groups excluding carboxylic acids is 3. The largest absolute Gasteiger partial charge is 0.459 e. The Hall–Kier alpha value is -3.20.